The molecule has 2 amide bonds. The number of thiazole rings is 1. The van der Waals surface area contributed by atoms with E-state index in [1.165, 1.54) is 29.7 Å². The van der Waals surface area contributed by atoms with E-state index in [0.29, 0.717) is 10.6 Å². The van der Waals surface area contributed by atoms with Crippen LogP contribution in [-0.4, -0.2) is 64.5 Å². The van der Waals surface area contributed by atoms with E-state index in [2.05, 4.69) is 15.5 Å². The molecule has 0 bridgehead atoms. The summed E-state index contributed by atoms with van der Waals surface area (Å²) in [4.78, 5) is 33.7. The molecule has 0 aromatic carbocycles. The summed E-state index contributed by atoms with van der Waals surface area (Å²) < 4.78 is 37.0. The largest absolute Gasteiger partial charge is 0.446 e. The van der Waals surface area contributed by atoms with Crippen molar-refractivity contribution in [3.8, 4) is 5.06 Å². The highest BCUT2D eigenvalue weighted by Crippen LogP contribution is 2.24. The summed E-state index contributed by atoms with van der Waals surface area (Å²) in [7, 11) is -4.74. The monoisotopic (exact) mass is 503 g/mol. The van der Waals surface area contributed by atoms with Gasteiger partial charge in [0, 0.05) is 22.4 Å². The Morgan fingerprint density at radius 3 is 2.69 bits per heavy atom. The van der Waals surface area contributed by atoms with E-state index in [4.69, 9.17) is 31.0 Å². The molecule has 3 rings (SSSR count). The number of oxime groups is 1. The third kappa shape index (κ3) is 4.96. The molecule has 1 aliphatic rings. The zero-order chi connectivity index (χ0) is 23.6. The van der Waals surface area contributed by atoms with Crippen molar-refractivity contribution in [1.82, 2.24) is 14.6 Å². The molecule has 32 heavy (non-hydrogen) atoms. The van der Waals surface area contributed by atoms with Crippen molar-refractivity contribution in [3.05, 3.63) is 28.1 Å². The Morgan fingerprint density at radius 1 is 1.44 bits per heavy atom. The lowest BCUT2D eigenvalue weighted by Crippen LogP contribution is -2.71. The second-order valence-electron chi connectivity index (χ2n) is 6.27. The van der Waals surface area contributed by atoms with Crippen molar-refractivity contribution in [2.45, 2.75) is 19.0 Å². The van der Waals surface area contributed by atoms with Gasteiger partial charge >= 0.3 is 10.3 Å². The van der Waals surface area contributed by atoms with Gasteiger partial charge in [0.1, 0.15) is 17.6 Å². The highest BCUT2D eigenvalue weighted by atomic mass is 32.2. The first kappa shape index (κ1) is 23.4. The number of ether oxygens (including phenoxy) is 1. The summed E-state index contributed by atoms with van der Waals surface area (Å²) in [6.07, 6.45) is 0. The van der Waals surface area contributed by atoms with E-state index < -0.39 is 41.0 Å². The lowest BCUT2D eigenvalue weighted by atomic mass is 10.0. The van der Waals surface area contributed by atoms with Crippen LogP contribution in [0.2, 0.25) is 0 Å². The number of carbonyl (C=O) groups is 2. The van der Waals surface area contributed by atoms with Crippen molar-refractivity contribution >= 4 is 61.5 Å². The Bertz CT molecular complexity index is 1190. The van der Waals surface area contributed by atoms with Gasteiger partial charge < -0.3 is 26.4 Å². The van der Waals surface area contributed by atoms with Crippen LogP contribution in [0, 0.1) is 5.41 Å². The molecule has 14 nitrogen and oxygen atoms in total. The molecule has 2 atom stereocenters. The molecular weight excluding hydrogens is 486 g/mol. The minimum Gasteiger partial charge on any atom is -0.446 e. The van der Waals surface area contributed by atoms with Crippen molar-refractivity contribution in [2.75, 3.05) is 12.5 Å². The number of nitrogens with one attached hydrogen (secondary N) is 2. The van der Waals surface area contributed by atoms with E-state index in [0.717, 1.165) is 11.3 Å². The summed E-state index contributed by atoms with van der Waals surface area (Å²) >= 11 is 2.21. The van der Waals surface area contributed by atoms with Gasteiger partial charge in [0.25, 0.3) is 18.6 Å². The molecule has 1 aliphatic heterocycles. The summed E-state index contributed by atoms with van der Waals surface area (Å²) in [6.45, 7) is 0.933. The number of aromatic nitrogens is 1. The van der Waals surface area contributed by atoms with Gasteiger partial charge in [0.2, 0.25) is 0 Å². The molecule has 1 saturated heterocycles. The van der Waals surface area contributed by atoms with E-state index in [-0.39, 0.29) is 26.7 Å². The molecule has 2 aromatic heterocycles. The Hall–Kier alpha value is -3.28. The molecule has 3 heterocycles. The molecule has 0 unspecified atom stereocenters. The number of rotatable bonds is 9. The van der Waals surface area contributed by atoms with Crippen LogP contribution in [0.3, 0.4) is 0 Å². The van der Waals surface area contributed by atoms with Gasteiger partial charge in [0.05, 0.1) is 6.04 Å². The number of nitrogens with zero attached hydrogens (tertiary/aromatic N) is 3. The summed E-state index contributed by atoms with van der Waals surface area (Å²) in [5.74, 6) is -2.01. The third-order valence-electron chi connectivity index (χ3n) is 4.15. The van der Waals surface area contributed by atoms with E-state index in [1.807, 2.05) is 0 Å². The van der Waals surface area contributed by atoms with Gasteiger partial charge in [-0.05, 0) is 6.92 Å². The van der Waals surface area contributed by atoms with Gasteiger partial charge in [-0.2, -0.15) is 8.42 Å². The van der Waals surface area contributed by atoms with Crippen LogP contribution < -0.4 is 21.5 Å². The number of amidine groups is 1. The zero-order valence-corrected chi connectivity index (χ0v) is 18.7. The minimum atomic E-state index is -4.74. The maximum Gasteiger partial charge on any atom is 0.362 e. The standard InChI is InChI=1S/C15H17N7O7S3/c1-6-10(14(24)22(6)32(25,26)27)20-13(23)11(8-4-31-15(18)19-8)21-29-5-28-9-2-7(3-30-9)12(16)17/h2-4,6,10H,5H2,1H3,(H3,16,17)(H2,18,19)(H,20,23)(H,25,26,27)/b21-11+/t6-,10-/m0/s1. The van der Waals surface area contributed by atoms with Gasteiger partial charge in [-0.25, -0.2) is 9.29 Å². The van der Waals surface area contributed by atoms with Crippen LogP contribution >= 0.6 is 22.7 Å². The Morgan fingerprint density at radius 2 is 2.16 bits per heavy atom. The molecule has 0 saturated carbocycles. The molecule has 7 N–H and O–H groups in total. The minimum absolute atomic E-state index is 0.0612. The number of hydrogen-bond acceptors (Lipinski definition) is 12. The van der Waals surface area contributed by atoms with Gasteiger partial charge in [-0.1, -0.05) is 5.16 Å². The second-order valence-corrected chi connectivity index (χ2v) is 9.33. The van der Waals surface area contributed by atoms with Crippen molar-refractivity contribution in [3.63, 3.8) is 0 Å². The highest BCUT2D eigenvalue weighted by molar-refractivity contribution is 7.84. The molecule has 1 fully saturated rings. The van der Waals surface area contributed by atoms with Crippen molar-refractivity contribution in [2.24, 2.45) is 10.9 Å². The number of hydrogen-bond donors (Lipinski definition) is 5. The Labute approximate surface area is 189 Å². The van der Waals surface area contributed by atoms with Crippen molar-refractivity contribution < 1.29 is 32.1 Å². The van der Waals surface area contributed by atoms with Crippen LogP contribution in [0.25, 0.3) is 0 Å². The number of thiophene rings is 1. The number of β-lactam (4-membered cyclic amide) rings is 1. The first-order valence-electron chi connectivity index (χ1n) is 8.57. The SMILES string of the molecule is C[C@H]1[C@H](NC(=O)/C(=N/OCOc2cc(C(=N)N)cs2)c2csc(N)n2)C(=O)N1S(=O)(=O)O. The predicted molar refractivity (Wildman–Crippen MR) is 115 cm³/mol. The third-order valence-corrected chi connectivity index (χ3v) is 6.67. The lowest BCUT2D eigenvalue weighted by Gasteiger charge is -2.42. The maximum atomic E-state index is 12.7. The van der Waals surface area contributed by atoms with Gasteiger partial charge in [-0.15, -0.1) is 22.7 Å². The number of anilines is 1. The quantitative estimate of drug-likeness (QED) is 0.0552. The Balaban J connectivity index is 1.68. The zero-order valence-electron chi connectivity index (χ0n) is 16.2. The topological polar surface area (TPSA) is 223 Å². The molecule has 0 spiro atoms. The fourth-order valence-corrected chi connectivity index (χ4v) is 4.80. The first-order chi connectivity index (χ1) is 15.0. The molecule has 0 radical (unpaired) electrons. The summed E-state index contributed by atoms with van der Waals surface area (Å²) in [6, 6.07) is -0.695. The van der Waals surface area contributed by atoms with Crippen LogP contribution in [0.5, 0.6) is 5.06 Å². The number of nitrogen functional groups attached to an aromatic ring is 2. The summed E-state index contributed by atoms with van der Waals surface area (Å²) in [5, 5.41) is 17.0. The number of carbonyl (C=O) groups excluding carboxylic acids is 2. The molecule has 17 heteroatoms. The van der Waals surface area contributed by atoms with E-state index in [1.54, 1.807) is 5.38 Å². The highest BCUT2D eigenvalue weighted by Gasteiger charge is 2.51. The summed E-state index contributed by atoms with van der Waals surface area (Å²) in [5.41, 5.74) is 11.2. The van der Waals surface area contributed by atoms with Gasteiger partial charge in [-0.3, -0.25) is 19.6 Å². The predicted octanol–water partition coefficient (Wildman–Crippen LogP) is -0.654. The normalized spacial score (nSPS) is 18.8. The lowest BCUT2D eigenvalue weighted by molar-refractivity contribution is -0.143. The second kappa shape index (κ2) is 9.07. The Kier molecular flexibility index (Phi) is 6.63. The molecule has 0 aliphatic carbocycles. The van der Waals surface area contributed by atoms with Crippen LogP contribution in [-0.2, 0) is 24.7 Å². The van der Waals surface area contributed by atoms with Crippen LogP contribution in [0.1, 0.15) is 18.2 Å². The smallest absolute Gasteiger partial charge is 0.362 e. The van der Waals surface area contributed by atoms with E-state index in [9.17, 15) is 18.0 Å². The maximum absolute atomic E-state index is 12.7. The fraction of sp³-hybridized carbons (Fsp3) is 0.267. The average molecular weight is 504 g/mol. The number of nitrogens with two attached hydrogens (primary N) is 2. The van der Waals surface area contributed by atoms with Crippen LogP contribution in [0.15, 0.2) is 22.0 Å². The van der Waals surface area contributed by atoms with E-state index >= 15 is 0 Å². The number of amides is 2. The first-order valence-corrected chi connectivity index (χ1v) is 11.7. The average Bonchev–Trinajstić information content (AvgIpc) is 3.34. The molecular formula is C15H17N7O7S3. The van der Waals surface area contributed by atoms with Crippen LogP contribution in [0.4, 0.5) is 5.13 Å². The molecule has 2 aromatic rings. The molecule has 172 valence electrons. The van der Waals surface area contributed by atoms with Gasteiger partial charge in [0.15, 0.2) is 15.9 Å². The fourth-order valence-electron chi connectivity index (χ4n) is 2.62. The van der Waals surface area contributed by atoms with Crippen molar-refractivity contribution in [1.29, 1.82) is 5.41 Å².